The van der Waals surface area contributed by atoms with Crippen LogP contribution in [0.2, 0.25) is 0 Å². The molecule has 1 rings (SSSR count). The zero-order valence-electron chi connectivity index (χ0n) is 6.23. The van der Waals surface area contributed by atoms with Crippen molar-refractivity contribution in [2.75, 3.05) is 0 Å². The summed E-state index contributed by atoms with van der Waals surface area (Å²) in [6.07, 6.45) is 9.91. The minimum absolute atomic E-state index is 1.08. The van der Waals surface area contributed by atoms with Crippen LogP contribution in [0.15, 0.2) is 0 Å². The molecule has 0 N–H and O–H groups in total. The molecule has 0 heterocycles. The van der Waals surface area contributed by atoms with Gasteiger partial charge in [-0.2, -0.15) is 0 Å². The molecule has 0 aromatic heterocycles. The molecule has 1 aliphatic rings. The first-order chi connectivity index (χ1) is 4.43. The Labute approximate surface area is 58.7 Å². The van der Waals surface area contributed by atoms with Gasteiger partial charge in [-0.15, -0.1) is 0 Å². The van der Waals surface area contributed by atoms with Crippen LogP contribution in [0, 0.1) is 12.8 Å². The van der Waals surface area contributed by atoms with Crippen molar-refractivity contribution in [1.82, 2.24) is 0 Å². The lowest BCUT2D eigenvalue weighted by Gasteiger charge is -2.05. The average Bonchev–Trinajstić information content (AvgIpc) is 2.34. The van der Waals surface area contributed by atoms with E-state index in [0.29, 0.717) is 0 Å². The summed E-state index contributed by atoms with van der Waals surface area (Å²) >= 11 is 0. The highest BCUT2D eigenvalue weighted by atomic mass is 14.2. The highest BCUT2D eigenvalue weighted by molar-refractivity contribution is 4.66. The predicted molar refractivity (Wildman–Crippen MR) is 41.2 cm³/mol. The highest BCUT2D eigenvalue weighted by Gasteiger charge is 2.13. The molecule has 0 nitrogen and oxygen atoms in total. The molecule has 0 atom stereocenters. The molecule has 0 aromatic rings. The van der Waals surface area contributed by atoms with Crippen molar-refractivity contribution in [3.63, 3.8) is 0 Å². The van der Waals surface area contributed by atoms with Crippen molar-refractivity contribution in [1.29, 1.82) is 0 Å². The molecule has 0 unspecified atom stereocenters. The molecule has 0 aliphatic heterocycles. The van der Waals surface area contributed by atoms with Gasteiger partial charge in [0.2, 0.25) is 0 Å². The Morgan fingerprint density at radius 2 is 1.89 bits per heavy atom. The van der Waals surface area contributed by atoms with E-state index in [1.165, 1.54) is 38.5 Å². The van der Waals surface area contributed by atoms with Crippen LogP contribution in [0.3, 0.4) is 0 Å². The molecule has 0 amide bonds. The van der Waals surface area contributed by atoms with Crippen molar-refractivity contribution >= 4 is 0 Å². The summed E-state index contributed by atoms with van der Waals surface area (Å²) in [5.74, 6) is 1.08. The smallest absolute Gasteiger partial charge is 0.0414 e. The van der Waals surface area contributed by atoms with E-state index in [-0.39, 0.29) is 0 Å². The quantitative estimate of drug-likeness (QED) is 0.543. The van der Waals surface area contributed by atoms with Crippen molar-refractivity contribution in [2.24, 2.45) is 5.92 Å². The van der Waals surface area contributed by atoms with Gasteiger partial charge in [-0.25, -0.2) is 0 Å². The van der Waals surface area contributed by atoms with Gasteiger partial charge in [-0.3, -0.25) is 0 Å². The van der Waals surface area contributed by atoms with E-state index in [9.17, 15) is 0 Å². The Kier molecular flexibility index (Phi) is 3.10. The molecule has 53 valence electrons. The van der Waals surface area contributed by atoms with Crippen LogP contribution in [0.25, 0.3) is 0 Å². The van der Waals surface area contributed by atoms with Gasteiger partial charge in [0.25, 0.3) is 0 Å². The predicted octanol–water partition coefficient (Wildman–Crippen LogP) is 3.18. The fourth-order valence-corrected chi connectivity index (χ4v) is 1.73. The van der Waals surface area contributed by atoms with E-state index >= 15 is 0 Å². The van der Waals surface area contributed by atoms with Crippen LogP contribution < -0.4 is 0 Å². The van der Waals surface area contributed by atoms with E-state index in [4.69, 9.17) is 0 Å². The van der Waals surface area contributed by atoms with E-state index in [0.717, 1.165) is 12.3 Å². The van der Waals surface area contributed by atoms with Gasteiger partial charge in [0.1, 0.15) is 0 Å². The van der Waals surface area contributed by atoms with Gasteiger partial charge in [-0.1, -0.05) is 51.9 Å². The summed E-state index contributed by atoms with van der Waals surface area (Å²) < 4.78 is 0. The summed E-state index contributed by atoms with van der Waals surface area (Å²) in [5.41, 5.74) is 0. The summed E-state index contributed by atoms with van der Waals surface area (Å²) in [5, 5.41) is 0. The molecule has 9 heavy (non-hydrogen) atoms. The first kappa shape index (κ1) is 7.11. The molecule has 0 heteroatoms. The maximum Gasteiger partial charge on any atom is -0.0414 e. The zero-order chi connectivity index (χ0) is 6.53. The van der Waals surface area contributed by atoms with Crippen LogP contribution >= 0.6 is 0 Å². The third kappa shape index (κ3) is 2.38. The Morgan fingerprint density at radius 1 is 1.22 bits per heavy atom. The van der Waals surface area contributed by atoms with Crippen LogP contribution in [-0.4, -0.2) is 0 Å². The van der Waals surface area contributed by atoms with Crippen LogP contribution in [0.1, 0.15) is 44.9 Å². The molecule has 1 saturated carbocycles. The fourth-order valence-electron chi connectivity index (χ4n) is 1.73. The second-order valence-corrected chi connectivity index (χ2v) is 3.15. The normalized spacial score (nSPS) is 21.0. The molecule has 1 aliphatic carbocycles. The van der Waals surface area contributed by atoms with Crippen molar-refractivity contribution in [2.45, 2.75) is 44.9 Å². The number of rotatable bonds is 3. The molecule has 0 aromatic carbocycles. The Hall–Kier alpha value is 0. The van der Waals surface area contributed by atoms with Crippen molar-refractivity contribution in [3.8, 4) is 0 Å². The molecule has 1 fully saturated rings. The molecular formula is C9H17. The monoisotopic (exact) mass is 125 g/mol. The Balaban J connectivity index is 1.98. The van der Waals surface area contributed by atoms with E-state index in [2.05, 4.69) is 6.92 Å². The average molecular weight is 125 g/mol. The van der Waals surface area contributed by atoms with E-state index < -0.39 is 0 Å². The first-order valence-corrected chi connectivity index (χ1v) is 4.22. The SMILES string of the molecule is [CH2]CCCC1CCCC1. The van der Waals surface area contributed by atoms with Gasteiger partial charge >= 0.3 is 0 Å². The fraction of sp³-hybridized carbons (Fsp3) is 0.889. The van der Waals surface area contributed by atoms with E-state index in [1.54, 1.807) is 0 Å². The number of hydrogen-bond donors (Lipinski definition) is 0. The first-order valence-electron chi connectivity index (χ1n) is 4.22. The molecule has 0 saturated heterocycles. The summed E-state index contributed by atoms with van der Waals surface area (Å²) in [6.45, 7) is 3.85. The zero-order valence-corrected chi connectivity index (χ0v) is 6.23. The summed E-state index contributed by atoms with van der Waals surface area (Å²) in [6, 6.07) is 0. The maximum atomic E-state index is 3.85. The number of unbranched alkanes of at least 4 members (excludes halogenated alkanes) is 1. The van der Waals surface area contributed by atoms with Crippen molar-refractivity contribution in [3.05, 3.63) is 6.92 Å². The third-order valence-corrected chi connectivity index (χ3v) is 2.34. The van der Waals surface area contributed by atoms with Gasteiger partial charge in [0, 0.05) is 0 Å². The van der Waals surface area contributed by atoms with Gasteiger partial charge in [0.15, 0.2) is 0 Å². The Bertz CT molecular complexity index is 60.4. The second kappa shape index (κ2) is 3.92. The standard InChI is InChI=1S/C9H17/c1-2-3-6-9-7-4-5-8-9/h9H,1-8H2. The largest absolute Gasteiger partial charge is 0.0533 e. The highest BCUT2D eigenvalue weighted by Crippen LogP contribution is 2.28. The summed E-state index contributed by atoms with van der Waals surface area (Å²) in [7, 11) is 0. The minimum atomic E-state index is 1.08. The van der Waals surface area contributed by atoms with Gasteiger partial charge in [-0.05, 0) is 5.92 Å². The third-order valence-electron chi connectivity index (χ3n) is 2.34. The molecular weight excluding hydrogens is 108 g/mol. The van der Waals surface area contributed by atoms with E-state index in [1.807, 2.05) is 0 Å². The Morgan fingerprint density at radius 3 is 2.44 bits per heavy atom. The molecule has 1 radical (unpaired) electrons. The second-order valence-electron chi connectivity index (χ2n) is 3.15. The summed E-state index contributed by atoms with van der Waals surface area (Å²) in [4.78, 5) is 0. The lowest BCUT2D eigenvalue weighted by atomic mass is 10.0. The van der Waals surface area contributed by atoms with Crippen LogP contribution in [0.4, 0.5) is 0 Å². The van der Waals surface area contributed by atoms with Gasteiger partial charge in [0.05, 0.1) is 0 Å². The lowest BCUT2D eigenvalue weighted by molar-refractivity contribution is 0.486. The van der Waals surface area contributed by atoms with Gasteiger partial charge < -0.3 is 0 Å². The van der Waals surface area contributed by atoms with Crippen LogP contribution in [-0.2, 0) is 0 Å². The van der Waals surface area contributed by atoms with Crippen LogP contribution in [0.5, 0.6) is 0 Å². The maximum absolute atomic E-state index is 3.85. The topological polar surface area (TPSA) is 0 Å². The van der Waals surface area contributed by atoms with Crippen molar-refractivity contribution < 1.29 is 0 Å². The minimum Gasteiger partial charge on any atom is -0.0533 e. The molecule has 0 spiro atoms. The number of hydrogen-bond acceptors (Lipinski definition) is 0. The molecule has 0 bridgehead atoms. The lowest BCUT2D eigenvalue weighted by Crippen LogP contribution is -1.91.